The van der Waals surface area contributed by atoms with Crippen LogP contribution < -0.4 is 5.14 Å². The van der Waals surface area contributed by atoms with E-state index < -0.39 is 21.9 Å². The highest BCUT2D eigenvalue weighted by molar-refractivity contribution is 7.89. The number of sulfonamides is 1. The minimum atomic E-state index is -4.61. The van der Waals surface area contributed by atoms with Gasteiger partial charge in [-0.25, -0.2) is 18.2 Å². The highest BCUT2D eigenvalue weighted by atomic mass is 32.2. The minimum absolute atomic E-state index is 0.138. The van der Waals surface area contributed by atoms with Crippen LogP contribution in [0.1, 0.15) is 11.3 Å². The zero-order valence-electron chi connectivity index (χ0n) is 13.5. The van der Waals surface area contributed by atoms with Crippen LogP contribution in [0, 0.1) is 6.92 Å². The summed E-state index contributed by atoms with van der Waals surface area (Å²) in [6.45, 7) is 1.87. The molecule has 2 aromatic carbocycles. The molecule has 0 radical (unpaired) electrons. The molecule has 0 aliphatic rings. The molecular weight excluding hydrogens is 370 g/mol. The number of aryl methyl sites for hydroxylation is 1. The Balaban J connectivity index is 2.16. The van der Waals surface area contributed by atoms with E-state index >= 15 is 0 Å². The van der Waals surface area contributed by atoms with Crippen molar-refractivity contribution < 1.29 is 21.6 Å². The predicted molar refractivity (Wildman–Crippen MR) is 90.1 cm³/mol. The summed E-state index contributed by atoms with van der Waals surface area (Å²) in [5.41, 5.74) is 0.996. The highest BCUT2D eigenvalue weighted by Gasteiger charge is 2.35. The van der Waals surface area contributed by atoms with Gasteiger partial charge in [0.15, 0.2) is 5.69 Å². The zero-order valence-corrected chi connectivity index (χ0v) is 14.3. The third-order valence-electron chi connectivity index (χ3n) is 3.76. The molecule has 0 aliphatic heterocycles. The molecule has 26 heavy (non-hydrogen) atoms. The summed E-state index contributed by atoms with van der Waals surface area (Å²) in [5, 5.41) is 8.70. The molecule has 3 rings (SSSR count). The topological polar surface area (TPSA) is 78.0 Å². The number of nitrogens with zero attached hydrogens (tertiary/aromatic N) is 2. The van der Waals surface area contributed by atoms with E-state index in [9.17, 15) is 21.6 Å². The molecule has 0 fully saturated rings. The fourth-order valence-corrected chi connectivity index (χ4v) is 2.94. The van der Waals surface area contributed by atoms with Crippen molar-refractivity contribution in [3.63, 3.8) is 0 Å². The number of nitrogens with two attached hydrogens (primary N) is 1. The van der Waals surface area contributed by atoms with Gasteiger partial charge in [0.2, 0.25) is 10.0 Å². The van der Waals surface area contributed by atoms with E-state index in [1.807, 2.05) is 6.92 Å². The van der Waals surface area contributed by atoms with Crippen LogP contribution in [0.2, 0.25) is 0 Å². The molecule has 1 heterocycles. The Morgan fingerprint density at radius 3 is 2.08 bits per heavy atom. The first-order chi connectivity index (χ1) is 12.1. The van der Waals surface area contributed by atoms with Crippen LogP contribution in [-0.4, -0.2) is 18.2 Å². The Bertz CT molecular complexity index is 1040. The molecule has 2 N–H and O–H groups in total. The van der Waals surface area contributed by atoms with Crippen LogP contribution in [-0.2, 0) is 16.2 Å². The maximum atomic E-state index is 13.1. The van der Waals surface area contributed by atoms with Crippen LogP contribution >= 0.6 is 0 Å². The molecule has 0 atom stereocenters. The Kier molecular flexibility index (Phi) is 4.37. The third-order valence-corrected chi connectivity index (χ3v) is 4.69. The van der Waals surface area contributed by atoms with Crippen LogP contribution in [0.25, 0.3) is 16.9 Å². The number of benzene rings is 2. The summed E-state index contributed by atoms with van der Waals surface area (Å²) < 4.78 is 63.2. The van der Waals surface area contributed by atoms with Gasteiger partial charge in [-0.2, -0.15) is 18.3 Å². The average Bonchev–Trinajstić information content (AvgIpc) is 3.00. The van der Waals surface area contributed by atoms with Crippen molar-refractivity contribution in [1.82, 2.24) is 9.78 Å². The average molecular weight is 384 g/mol. The van der Waals surface area contributed by atoms with Crippen molar-refractivity contribution in [3.05, 3.63) is 65.9 Å². The standard InChI is InChI=1S/C17H14F3N3O2S/c1-11-2-4-12(5-3-11)15-10-16(17(18,19)20)22-23(15)13-6-8-14(9-7-13)26(21,24)25/h2-10H,1H3,(H2,21,24,25)/i1+1,10+1,15+1. The van der Waals surface area contributed by atoms with Crippen LogP contribution in [0.5, 0.6) is 0 Å². The molecule has 1 aromatic heterocycles. The molecule has 0 unspecified atom stereocenters. The van der Waals surface area contributed by atoms with Crippen LogP contribution in [0.3, 0.4) is 0 Å². The number of rotatable bonds is 3. The quantitative estimate of drug-likeness (QED) is 0.702. The van der Waals surface area contributed by atoms with Crippen molar-refractivity contribution in [2.45, 2.75) is 18.0 Å². The lowest BCUT2D eigenvalue weighted by Crippen LogP contribution is -2.12. The lowest BCUT2D eigenvalue weighted by atomic mass is 10.2. The summed E-state index contributed by atoms with van der Waals surface area (Å²) in [4.78, 5) is -0.138. The minimum Gasteiger partial charge on any atom is -0.233 e. The number of hydrogen-bond donors (Lipinski definition) is 1. The van der Waals surface area contributed by atoms with Gasteiger partial charge in [0.25, 0.3) is 0 Å². The molecule has 136 valence electrons. The van der Waals surface area contributed by atoms with Gasteiger partial charge in [0.1, 0.15) is 0 Å². The van der Waals surface area contributed by atoms with E-state index in [2.05, 4.69) is 5.10 Å². The molecule has 0 saturated heterocycles. The third kappa shape index (κ3) is 3.63. The Hall–Kier alpha value is -2.65. The SMILES string of the molecule is [13CH3]c1ccc(-[13c]2[13cH]c(C(F)(F)F)nn2-c2ccc(S(N)(=O)=O)cc2)cc1. The smallest absolute Gasteiger partial charge is 0.233 e. The molecule has 9 heteroatoms. The summed E-state index contributed by atoms with van der Waals surface area (Å²) in [6, 6.07) is 13.1. The van der Waals surface area contributed by atoms with Gasteiger partial charge in [0.05, 0.1) is 16.3 Å². The van der Waals surface area contributed by atoms with E-state index in [1.54, 1.807) is 24.3 Å². The second-order valence-corrected chi connectivity index (χ2v) is 7.29. The van der Waals surface area contributed by atoms with Crippen LogP contribution in [0.15, 0.2) is 59.5 Å². The summed E-state index contributed by atoms with van der Waals surface area (Å²) in [7, 11) is -3.90. The Morgan fingerprint density at radius 2 is 1.58 bits per heavy atom. The zero-order chi connectivity index (χ0) is 19.1. The van der Waals surface area contributed by atoms with Gasteiger partial charge in [-0.05, 0) is 37.3 Å². The number of primary sulfonamides is 1. The first kappa shape index (κ1) is 18.2. The Morgan fingerprint density at radius 1 is 1.00 bits per heavy atom. The molecule has 0 spiro atoms. The van der Waals surface area contributed by atoms with E-state index in [-0.39, 0.29) is 16.3 Å². The number of alkyl halides is 3. The molecule has 3 aromatic rings. The second kappa shape index (κ2) is 6.26. The van der Waals surface area contributed by atoms with E-state index in [1.165, 1.54) is 24.3 Å². The van der Waals surface area contributed by atoms with Gasteiger partial charge in [-0.3, -0.25) is 0 Å². The van der Waals surface area contributed by atoms with Crippen molar-refractivity contribution in [2.24, 2.45) is 5.14 Å². The molecule has 0 amide bonds. The van der Waals surface area contributed by atoms with Crippen molar-refractivity contribution >= 4 is 10.0 Å². The highest BCUT2D eigenvalue weighted by Crippen LogP contribution is 2.33. The van der Waals surface area contributed by atoms with Gasteiger partial charge in [0, 0.05) is 5.56 Å². The molecule has 0 bridgehead atoms. The fraction of sp³-hybridized carbons (Fsp3) is 0.118. The number of halogens is 3. The number of aromatic nitrogens is 2. The largest absolute Gasteiger partial charge is 0.435 e. The van der Waals surface area contributed by atoms with Crippen molar-refractivity contribution in [3.8, 4) is 16.9 Å². The molecule has 5 nitrogen and oxygen atoms in total. The lowest BCUT2D eigenvalue weighted by molar-refractivity contribution is -0.141. The van der Waals surface area contributed by atoms with Crippen LogP contribution in [0.4, 0.5) is 13.2 Å². The fourth-order valence-electron chi connectivity index (χ4n) is 2.42. The maximum absolute atomic E-state index is 13.1. The normalized spacial score (nSPS) is 12.3. The van der Waals surface area contributed by atoms with Gasteiger partial charge in [-0.15, -0.1) is 0 Å². The van der Waals surface area contributed by atoms with Crippen molar-refractivity contribution in [2.75, 3.05) is 0 Å². The van der Waals surface area contributed by atoms with Gasteiger partial charge < -0.3 is 0 Å². The monoisotopic (exact) mass is 384 g/mol. The lowest BCUT2D eigenvalue weighted by Gasteiger charge is -2.09. The first-order valence-corrected chi connectivity index (χ1v) is 8.98. The van der Waals surface area contributed by atoms with Gasteiger partial charge in [-0.1, -0.05) is 29.8 Å². The second-order valence-electron chi connectivity index (χ2n) is 5.73. The van der Waals surface area contributed by atoms with E-state index in [4.69, 9.17) is 5.14 Å². The van der Waals surface area contributed by atoms with Crippen molar-refractivity contribution in [1.29, 1.82) is 0 Å². The van der Waals surface area contributed by atoms with E-state index in [0.29, 0.717) is 5.56 Å². The summed E-state index contributed by atoms with van der Waals surface area (Å²) in [6.07, 6.45) is -4.61. The van der Waals surface area contributed by atoms with Gasteiger partial charge >= 0.3 is 6.18 Å². The summed E-state index contributed by atoms with van der Waals surface area (Å²) in [5.74, 6) is 0. The first-order valence-electron chi connectivity index (χ1n) is 7.43. The molecule has 0 saturated carbocycles. The maximum Gasteiger partial charge on any atom is 0.435 e. The Labute approximate surface area is 147 Å². The number of hydrogen-bond acceptors (Lipinski definition) is 3. The predicted octanol–water partition coefficient (Wildman–Crippen LogP) is 3.51. The molecule has 0 aliphatic carbocycles. The van der Waals surface area contributed by atoms with E-state index in [0.717, 1.165) is 16.3 Å². The molecular formula is C17H14F3N3O2S. The summed E-state index contributed by atoms with van der Waals surface area (Å²) >= 11 is 0.